The molecule has 0 bridgehead atoms. The van der Waals surface area contributed by atoms with Gasteiger partial charge in [-0.05, 0) is 40.3 Å². The molecule has 0 aliphatic rings. The van der Waals surface area contributed by atoms with Gasteiger partial charge in [0, 0.05) is 19.1 Å². The molecule has 4 heteroatoms. The van der Waals surface area contributed by atoms with Crippen molar-refractivity contribution in [2.75, 3.05) is 33.7 Å². The highest BCUT2D eigenvalue weighted by Gasteiger charge is 2.13. The van der Waals surface area contributed by atoms with Gasteiger partial charge in [0.2, 0.25) is 0 Å². The summed E-state index contributed by atoms with van der Waals surface area (Å²) in [6, 6.07) is 0.476. The summed E-state index contributed by atoms with van der Waals surface area (Å²) >= 11 is 0. The smallest absolute Gasteiger partial charge is 0.191 e. The molecule has 0 saturated heterocycles. The van der Waals surface area contributed by atoms with Crippen LogP contribution in [-0.2, 0) is 0 Å². The van der Waals surface area contributed by atoms with Gasteiger partial charge in [0.05, 0.1) is 6.54 Å². The summed E-state index contributed by atoms with van der Waals surface area (Å²) in [5.41, 5.74) is 5.98. The average Bonchev–Trinajstić information content (AvgIpc) is 2.25. The van der Waals surface area contributed by atoms with E-state index < -0.39 is 0 Å². The molecule has 0 radical (unpaired) electrons. The molecule has 0 aliphatic heterocycles. The van der Waals surface area contributed by atoms with Crippen LogP contribution in [0.2, 0.25) is 0 Å². The van der Waals surface area contributed by atoms with Crippen molar-refractivity contribution in [3.63, 3.8) is 0 Å². The predicted molar refractivity (Wildman–Crippen MR) is 76.3 cm³/mol. The highest BCUT2D eigenvalue weighted by Crippen LogP contribution is 2.09. The van der Waals surface area contributed by atoms with Crippen molar-refractivity contribution in [3.8, 4) is 0 Å². The fourth-order valence-corrected chi connectivity index (χ4v) is 1.84. The van der Waals surface area contributed by atoms with E-state index in [-0.39, 0.29) is 0 Å². The first kappa shape index (κ1) is 16.2. The van der Waals surface area contributed by atoms with Crippen LogP contribution in [0.25, 0.3) is 0 Å². The quantitative estimate of drug-likeness (QED) is 0.545. The molecule has 4 nitrogen and oxygen atoms in total. The van der Waals surface area contributed by atoms with Gasteiger partial charge < -0.3 is 15.5 Å². The first-order chi connectivity index (χ1) is 7.92. The van der Waals surface area contributed by atoms with Crippen LogP contribution in [0.4, 0.5) is 0 Å². The summed E-state index contributed by atoms with van der Waals surface area (Å²) in [5.74, 6) is 1.36. The monoisotopic (exact) mass is 242 g/mol. The standard InChI is InChI=1S/C13H30N4/c1-7-17(8-2)13(14)15-10-12(16(5)6)9-11(3)4/h11-12H,7-10H2,1-6H3,(H2,14,15). The lowest BCUT2D eigenvalue weighted by atomic mass is 10.0. The van der Waals surface area contributed by atoms with Crippen LogP contribution in [0.15, 0.2) is 4.99 Å². The van der Waals surface area contributed by atoms with Crippen molar-refractivity contribution in [2.45, 2.75) is 40.2 Å². The van der Waals surface area contributed by atoms with Crippen LogP contribution in [-0.4, -0.2) is 55.5 Å². The summed E-state index contributed by atoms with van der Waals surface area (Å²) in [4.78, 5) is 8.84. The van der Waals surface area contributed by atoms with Gasteiger partial charge in [0.1, 0.15) is 0 Å². The second-order valence-electron chi connectivity index (χ2n) is 5.12. The van der Waals surface area contributed by atoms with E-state index in [0.717, 1.165) is 26.1 Å². The van der Waals surface area contributed by atoms with Crippen molar-refractivity contribution >= 4 is 5.96 Å². The number of nitrogens with zero attached hydrogens (tertiary/aromatic N) is 3. The van der Waals surface area contributed by atoms with Gasteiger partial charge in [-0.3, -0.25) is 4.99 Å². The largest absolute Gasteiger partial charge is 0.370 e. The lowest BCUT2D eigenvalue weighted by molar-refractivity contribution is 0.260. The summed E-state index contributed by atoms with van der Waals surface area (Å²) in [7, 11) is 4.21. The van der Waals surface area contributed by atoms with Crippen LogP contribution >= 0.6 is 0 Å². The summed E-state index contributed by atoms with van der Waals surface area (Å²) in [6.45, 7) is 11.3. The van der Waals surface area contributed by atoms with E-state index in [1.165, 1.54) is 0 Å². The van der Waals surface area contributed by atoms with E-state index in [0.29, 0.717) is 17.9 Å². The normalized spacial score (nSPS) is 14.5. The van der Waals surface area contributed by atoms with Crippen molar-refractivity contribution in [1.29, 1.82) is 0 Å². The zero-order chi connectivity index (χ0) is 13.4. The van der Waals surface area contributed by atoms with Crippen molar-refractivity contribution in [3.05, 3.63) is 0 Å². The Bertz CT molecular complexity index is 219. The molecule has 0 aromatic rings. The average molecular weight is 242 g/mol. The molecule has 2 N–H and O–H groups in total. The van der Waals surface area contributed by atoms with Crippen molar-refractivity contribution in [2.24, 2.45) is 16.6 Å². The van der Waals surface area contributed by atoms with E-state index in [1.807, 2.05) is 0 Å². The predicted octanol–water partition coefficient (Wildman–Crippen LogP) is 1.62. The Morgan fingerprint density at radius 1 is 1.18 bits per heavy atom. The van der Waals surface area contributed by atoms with Crippen LogP contribution in [0.1, 0.15) is 34.1 Å². The van der Waals surface area contributed by atoms with Gasteiger partial charge >= 0.3 is 0 Å². The molecule has 0 saturated carbocycles. The minimum absolute atomic E-state index is 0.476. The SMILES string of the molecule is CCN(CC)C(N)=NCC(CC(C)C)N(C)C. The molecule has 0 fully saturated rings. The molecule has 1 unspecified atom stereocenters. The fraction of sp³-hybridized carbons (Fsp3) is 0.923. The molecule has 0 amide bonds. The third kappa shape index (κ3) is 6.51. The van der Waals surface area contributed by atoms with Crippen LogP contribution in [0, 0.1) is 5.92 Å². The van der Waals surface area contributed by atoms with E-state index in [4.69, 9.17) is 5.73 Å². The Hall–Kier alpha value is -0.770. The van der Waals surface area contributed by atoms with E-state index in [2.05, 4.69) is 56.6 Å². The maximum absolute atomic E-state index is 5.98. The molecular formula is C13H30N4. The third-order valence-corrected chi connectivity index (χ3v) is 3.03. The summed E-state index contributed by atoms with van der Waals surface area (Å²) in [6.07, 6.45) is 1.15. The molecule has 0 rings (SSSR count). The molecule has 0 aromatic carbocycles. The minimum atomic E-state index is 0.476. The molecule has 0 aromatic heterocycles. The zero-order valence-electron chi connectivity index (χ0n) is 12.4. The van der Waals surface area contributed by atoms with Gasteiger partial charge in [-0.15, -0.1) is 0 Å². The molecule has 0 aliphatic carbocycles. The lowest BCUT2D eigenvalue weighted by Crippen LogP contribution is -2.39. The van der Waals surface area contributed by atoms with Gasteiger partial charge in [0.15, 0.2) is 5.96 Å². The number of hydrogen-bond acceptors (Lipinski definition) is 2. The number of rotatable bonds is 7. The van der Waals surface area contributed by atoms with Crippen molar-refractivity contribution in [1.82, 2.24) is 9.80 Å². The van der Waals surface area contributed by atoms with Crippen LogP contribution in [0.3, 0.4) is 0 Å². The Balaban J connectivity index is 4.40. The van der Waals surface area contributed by atoms with E-state index in [1.54, 1.807) is 0 Å². The maximum atomic E-state index is 5.98. The zero-order valence-corrected chi connectivity index (χ0v) is 12.4. The van der Waals surface area contributed by atoms with Crippen LogP contribution < -0.4 is 5.73 Å². The minimum Gasteiger partial charge on any atom is -0.370 e. The molecule has 0 spiro atoms. The number of likely N-dealkylation sites (N-methyl/N-ethyl adjacent to an activating group) is 1. The first-order valence-electron chi connectivity index (χ1n) is 6.63. The second kappa shape index (κ2) is 8.34. The topological polar surface area (TPSA) is 44.9 Å². The Morgan fingerprint density at radius 2 is 1.71 bits per heavy atom. The third-order valence-electron chi connectivity index (χ3n) is 3.03. The highest BCUT2D eigenvalue weighted by atomic mass is 15.2. The van der Waals surface area contributed by atoms with Gasteiger partial charge in [-0.1, -0.05) is 13.8 Å². The number of guanidine groups is 1. The molecule has 1 atom stereocenters. The van der Waals surface area contributed by atoms with Crippen molar-refractivity contribution < 1.29 is 0 Å². The number of hydrogen-bond donors (Lipinski definition) is 1. The van der Waals surface area contributed by atoms with Gasteiger partial charge in [-0.2, -0.15) is 0 Å². The Kier molecular flexibility index (Phi) is 7.96. The molecule has 102 valence electrons. The fourth-order valence-electron chi connectivity index (χ4n) is 1.84. The van der Waals surface area contributed by atoms with Gasteiger partial charge in [-0.25, -0.2) is 0 Å². The second-order valence-corrected chi connectivity index (χ2v) is 5.12. The van der Waals surface area contributed by atoms with Crippen LogP contribution in [0.5, 0.6) is 0 Å². The van der Waals surface area contributed by atoms with E-state index >= 15 is 0 Å². The lowest BCUT2D eigenvalue weighted by Gasteiger charge is -2.25. The number of nitrogens with two attached hydrogens (primary N) is 1. The maximum Gasteiger partial charge on any atom is 0.191 e. The first-order valence-corrected chi connectivity index (χ1v) is 6.63. The summed E-state index contributed by atoms with van der Waals surface area (Å²) < 4.78 is 0. The molecule has 17 heavy (non-hydrogen) atoms. The Labute approximate surface area is 107 Å². The number of aliphatic imine (C=N–C) groups is 1. The summed E-state index contributed by atoms with van der Waals surface area (Å²) in [5, 5.41) is 0. The van der Waals surface area contributed by atoms with Gasteiger partial charge in [0.25, 0.3) is 0 Å². The molecular weight excluding hydrogens is 212 g/mol. The van der Waals surface area contributed by atoms with E-state index in [9.17, 15) is 0 Å². The highest BCUT2D eigenvalue weighted by molar-refractivity contribution is 5.78. The molecule has 0 heterocycles. The Morgan fingerprint density at radius 3 is 2.06 bits per heavy atom.